The highest BCUT2D eigenvalue weighted by Gasteiger charge is 2.37. The molecule has 0 bridgehead atoms. The van der Waals surface area contributed by atoms with E-state index in [0.717, 1.165) is 22.5 Å². The minimum absolute atomic E-state index is 0.0912. The van der Waals surface area contributed by atoms with Crippen molar-refractivity contribution in [2.45, 2.75) is 52.2 Å². The first-order valence-electron chi connectivity index (χ1n) is 10.2. The number of benzene rings is 2. The van der Waals surface area contributed by atoms with E-state index in [9.17, 15) is 9.59 Å². The lowest BCUT2D eigenvalue weighted by molar-refractivity contribution is -0.127. The zero-order chi connectivity index (χ0) is 22.0. The molecule has 0 aliphatic carbocycles. The number of hydrogen-bond donors (Lipinski definition) is 1. The standard InChI is InChI=1S/C24H29N3O2S/c1-14(2)18-7-9-19(10-8-18)25-21(28)13-20-23(29)27(6)24(30-20)26-22-16(4)11-15(3)12-17(22)5/h7-12,14,20H,13H2,1-6H3,(H,25,28)/t20-/m1/s1. The molecule has 0 saturated carbocycles. The topological polar surface area (TPSA) is 61.8 Å². The Morgan fingerprint density at radius 3 is 2.30 bits per heavy atom. The summed E-state index contributed by atoms with van der Waals surface area (Å²) in [5, 5.41) is 3.07. The maximum Gasteiger partial charge on any atom is 0.242 e. The number of anilines is 1. The summed E-state index contributed by atoms with van der Waals surface area (Å²) in [7, 11) is 1.72. The van der Waals surface area contributed by atoms with E-state index in [1.807, 2.05) is 38.1 Å². The third-order valence-electron chi connectivity index (χ3n) is 5.22. The van der Waals surface area contributed by atoms with Crippen LogP contribution in [0.4, 0.5) is 11.4 Å². The van der Waals surface area contributed by atoms with Crippen molar-refractivity contribution in [3.63, 3.8) is 0 Å². The second kappa shape index (κ2) is 9.04. The van der Waals surface area contributed by atoms with Gasteiger partial charge in [0, 0.05) is 19.2 Å². The van der Waals surface area contributed by atoms with Crippen molar-refractivity contribution >= 4 is 40.1 Å². The Labute approximate surface area is 183 Å². The van der Waals surface area contributed by atoms with Crippen LogP contribution >= 0.6 is 11.8 Å². The van der Waals surface area contributed by atoms with E-state index in [0.29, 0.717) is 11.1 Å². The Morgan fingerprint density at radius 1 is 1.13 bits per heavy atom. The number of nitrogens with zero attached hydrogens (tertiary/aromatic N) is 2. The van der Waals surface area contributed by atoms with Crippen molar-refractivity contribution in [3.8, 4) is 0 Å². The van der Waals surface area contributed by atoms with Gasteiger partial charge in [0.15, 0.2) is 5.17 Å². The van der Waals surface area contributed by atoms with Crippen molar-refractivity contribution in [2.75, 3.05) is 12.4 Å². The first-order valence-corrected chi connectivity index (χ1v) is 11.0. The van der Waals surface area contributed by atoms with Crippen LogP contribution in [-0.2, 0) is 9.59 Å². The first-order chi connectivity index (χ1) is 14.2. The summed E-state index contributed by atoms with van der Waals surface area (Å²) in [4.78, 5) is 31.5. The third kappa shape index (κ3) is 4.93. The SMILES string of the molecule is Cc1cc(C)c(N=C2S[C@H](CC(=O)Nc3ccc(C(C)C)cc3)C(=O)N2C)c(C)c1. The Balaban J connectivity index is 1.69. The Hall–Kier alpha value is -2.60. The number of amides is 2. The molecule has 0 unspecified atom stereocenters. The number of thioether (sulfide) groups is 1. The lowest BCUT2D eigenvalue weighted by Gasteiger charge is -2.11. The Kier molecular flexibility index (Phi) is 6.66. The van der Waals surface area contributed by atoms with Crippen LogP contribution in [0.5, 0.6) is 0 Å². The molecule has 5 nitrogen and oxygen atoms in total. The van der Waals surface area contributed by atoms with Gasteiger partial charge in [0.1, 0.15) is 5.25 Å². The fourth-order valence-corrected chi connectivity index (χ4v) is 4.71. The molecule has 2 aromatic carbocycles. The van der Waals surface area contributed by atoms with Crippen LogP contribution in [0.25, 0.3) is 0 Å². The second-order valence-corrected chi connectivity index (χ2v) is 9.34. The van der Waals surface area contributed by atoms with Gasteiger partial charge in [0.05, 0.1) is 5.69 Å². The molecule has 1 saturated heterocycles. The summed E-state index contributed by atoms with van der Waals surface area (Å²) in [5.74, 6) is 0.179. The van der Waals surface area contributed by atoms with Crippen LogP contribution in [0.1, 0.15) is 48.4 Å². The van der Waals surface area contributed by atoms with E-state index in [1.165, 1.54) is 22.9 Å². The van der Waals surface area contributed by atoms with Crippen LogP contribution in [0.3, 0.4) is 0 Å². The van der Waals surface area contributed by atoms with Gasteiger partial charge in [-0.05, 0) is 55.5 Å². The molecule has 1 heterocycles. The molecule has 0 radical (unpaired) electrons. The number of nitrogens with one attached hydrogen (secondary N) is 1. The summed E-state index contributed by atoms with van der Waals surface area (Å²) in [6.07, 6.45) is 0.116. The van der Waals surface area contributed by atoms with E-state index >= 15 is 0 Å². The second-order valence-electron chi connectivity index (χ2n) is 8.17. The predicted octanol–water partition coefficient (Wildman–Crippen LogP) is 5.33. The molecule has 3 rings (SSSR count). The summed E-state index contributed by atoms with van der Waals surface area (Å²) < 4.78 is 0. The number of aryl methyl sites for hydroxylation is 3. The molecule has 1 N–H and O–H groups in total. The van der Waals surface area contributed by atoms with Crippen LogP contribution in [0, 0.1) is 20.8 Å². The average molecular weight is 424 g/mol. The van der Waals surface area contributed by atoms with Crippen molar-refractivity contribution in [3.05, 3.63) is 58.7 Å². The highest BCUT2D eigenvalue weighted by atomic mass is 32.2. The molecule has 6 heteroatoms. The van der Waals surface area contributed by atoms with Gasteiger partial charge in [-0.3, -0.25) is 14.5 Å². The lowest BCUT2D eigenvalue weighted by Crippen LogP contribution is -2.30. The molecular weight excluding hydrogens is 394 g/mol. The number of carbonyl (C=O) groups is 2. The normalized spacial score (nSPS) is 17.8. The molecule has 30 heavy (non-hydrogen) atoms. The zero-order valence-electron chi connectivity index (χ0n) is 18.4. The predicted molar refractivity (Wildman–Crippen MR) is 126 cm³/mol. The number of aliphatic imine (C=N–C) groups is 1. The van der Waals surface area contributed by atoms with Gasteiger partial charge in [0.25, 0.3) is 0 Å². The summed E-state index contributed by atoms with van der Waals surface area (Å²) >= 11 is 1.35. The zero-order valence-corrected chi connectivity index (χ0v) is 19.3. The van der Waals surface area contributed by atoms with Crippen LogP contribution < -0.4 is 5.32 Å². The molecule has 1 atom stereocenters. The van der Waals surface area contributed by atoms with Crippen LogP contribution in [0.15, 0.2) is 41.4 Å². The maximum atomic E-state index is 12.7. The van der Waals surface area contributed by atoms with Gasteiger partial charge in [-0.25, -0.2) is 4.99 Å². The molecular formula is C24H29N3O2S. The fourth-order valence-electron chi connectivity index (χ4n) is 3.57. The smallest absolute Gasteiger partial charge is 0.242 e. The van der Waals surface area contributed by atoms with E-state index in [2.05, 4.69) is 38.2 Å². The monoisotopic (exact) mass is 423 g/mol. The molecule has 1 aliphatic heterocycles. The van der Waals surface area contributed by atoms with Gasteiger partial charge >= 0.3 is 0 Å². The van der Waals surface area contributed by atoms with Gasteiger partial charge in [-0.1, -0.05) is 55.4 Å². The molecule has 158 valence electrons. The van der Waals surface area contributed by atoms with Gasteiger partial charge < -0.3 is 5.32 Å². The molecule has 2 amide bonds. The molecule has 0 aromatic heterocycles. The molecule has 2 aromatic rings. The fraction of sp³-hybridized carbons (Fsp3) is 0.375. The molecule has 1 fully saturated rings. The van der Waals surface area contributed by atoms with Gasteiger partial charge in [0.2, 0.25) is 11.8 Å². The molecule has 1 aliphatic rings. The van der Waals surface area contributed by atoms with E-state index in [-0.39, 0.29) is 18.2 Å². The number of carbonyl (C=O) groups excluding carboxylic acids is 2. The number of amidine groups is 1. The van der Waals surface area contributed by atoms with Gasteiger partial charge in [-0.2, -0.15) is 0 Å². The van der Waals surface area contributed by atoms with E-state index < -0.39 is 5.25 Å². The van der Waals surface area contributed by atoms with Gasteiger partial charge in [-0.15, -0.1) is 0 Å². The largest absolute Gasteiger partial charge is 0.326 e. The van der Waals surface area contributed by atoms with Crippen molar-refractivity contribution in [1.82, 2.24) is 4.90 Å². The first kappa shape index (κ1) is 22.1. The summed E-state index contributed by atoms with van der Waals surface area (Å²) in [6.45, 7) is 10.4. The maximum absolute atomic E-state index is 12.7. The minimum atomic E-state index is -0.463. The van der Waals surface area contributed by atoms with E-state index in [1.54, 1.807) is 11.9 Å². The summed E-state index contributed by atoms with van der Waals surface area (Å²) in [6, 6.07) is 12.0. The lowest BCUT2D eigenvalue weighted by atomic mass is 10.0. The quantitative estimate of drug-likeness (QED) is 0.707. The van der Waals surface area contributed by atoms with E-state index in [4.69, 9.17) is 4.99 Å². The number of hydrogen-bond acceptors (Lipinski definition) is 4. The average Bonchev–Trinajstić information content (AvgIpc) is 2.92. The van der Waals surface area contributed by atoms with Crippen molar-refractivity contribution < 1.29 is 9.59 Å². The van der Waals surface area contributed by atoms with Crippen molar-refractivity contribution in [2.24, 2.45) is 4.99 Å². The highest BCUT2D eigenvalue weighted by molar-refractivity contribution is 8.15. The Bertz CT molecular complexity index is 973. The van der Waals surface area contributed by atoms with Crippen LogP contribution in [0.2, 0.25) is 0 Å². The highest BCUT2D eigenvalue weighted by Crippen LogP contribution is 2.33. The Morgan fingerprint density at radius 2 is 1.73 bits per heavy atom. The molecule has 0 spiro atoms. The third-order valence-corrected chi connectivity index (χ3v) is 6.44. The minimum Gasteiger partial charge on any atom is -0.326 e. The summed E-state index contributed by atoms with van der Waals surface area (Å²) in [5.41, 5.74) is 6.19. The van der Waals surface area contributed by atoms with Crippen LogP contribution in [-0.4, -0.2) is 34.2 Å². The van der Waals surface area contributed by atoms with Crippen molar-refractivity contribution in [1.29, 1.82) is 0 Å². The number of rotatable bonds is 5.